The highest BCUT2D eigenvalue weighted by Crippen LogP contribution is 2.49. The summed E-state index contributed by atoms with van der Waals surface area (Å²) >= 11 is 1.49. The molecule has 1 amide bonds. The average molecular weight is 515 g/mol. The minimum atomic E-state index is -0.746. The van der Waals surface area contributed by atoms with E-state index >= 15 is 0 Å². The maximum atomic E-state index is 13.9. The summed E-state index contributed by atoms with van der Waals surface area (Å²) in [5.74, 6) is -0.0712. The summed E-state index contributed by atoms with van der Waals surface area (Å²) in [7, 11) is 1.49. The summed E-state index contributed by atoms with van der Waals surface area (Å²) in [5, 5.41) is 26.8. The highest BCUT2D eigenvalue weighted by Gasteiger charge is 2.33. The molecule has 4 aromatic rings. The van der Waals surface area contributed by atoms with Crippen molar-refractivity contribution < 1.29 is 19.4 Å². The first-order chi connectivity index (χ1) is 17.9. The molecule has 37 heavy (non-hydrogen) atoms. The van der Waals surface area contributed by atoms with Gasteiger partial charge in [-0.25, -0.2) is 0 Å². The van der Waals surface area contributed by atoms with E-state index < -0.39 is 27.1 Å². The largest absolute Gasteiger partial charge is 0.497 e. The molecule has 1 N–H and O–H groups in total. The number of carbonyl (C=O) groups is 1. The first kappa shape index (κ1) is 23.8. The number of carbonyl (C=O) groups excluding carboxylic acids is 1. The Hall–Kier alpha value is -4.90. The van der Waals surface area contributed by atoms with Gasteiger partial charge in [-0.05, 0) is 48.5 Å². The van der Waals surface area contributed by atoms with Crippen LogP contribution >= 0.6 is 11.8 Å². The van der Waals surface area contributed by atoms with Crippen LogP contribution in [0.3, 0.4) is 0 Å². The lowest BCUT2D eigenvalue weighted by Gasteiger charge is -2.31. The van der Waals surface area contributed by atoms with Crippen LogP contribution in [-0.2, 0) is 0 Å². The number of nitrogens with zero attached hydrogens (tertiary/aromatic N) is 3. The molecular formula is C26H18N4O6S. The Morgan fingerprint density at radius 2 is 1.35 bits per heavy atom. The standard InChI is InChI=1S/C26H18N4O6S/c1-36-18-12-10-17(11-13-18)27-25-21(29(32)33)14-16(15-22(25)30(34)35)26(31)28-19-6-2-4-8-23(19)37-24-9-5-3-7-20(24)28/h2-15,27H,1H3. The molecule has 0 saturated carbocycles. The summed E-state index contributed by atoms with van der Waals surface area (Å²) in [6.07, 6.45) is 0. The third-order valence-electron chi connectivity index (χ3n) is 5.73. The maximum Gasteiger partial charge on any atom is 0.300 e. The molecule has 0 bridgehead atoms. The number of ether oxygens (including phenoxy) is 1. The maximum absolute atomic E-state index is 13.9. The third kappa shape index (κ3) is 4.43. The van der Waals surface area contributed by atoms with E-state index in [-0.39, 0.29) is 11.3 Å². The van der Waals surface area contributed by atoms with Crippen LogP contribution in [0.4, 0.5) is 34.1 Å². The molecule has 1 heterocycles. The van der Waals surface area contributed by atoms with Gasteiger partial charge in [0.2, 0.25) is 0 Å². The number of amides is 1. The summed E-state index contributed by atoms with van der Waals surface area (Å²) in [6.45, 7) is 0. The predicted octanol–water partition coefficient (Wildman–Crippen LogP) is 6.70. The molecule has 1 aliphatic heterocycles. The highest BCUT2D eigenvalue weighted by molar-refractivity contribution is 7.99. The summed E-state index contributed by atoms with van der Waals surface area (Å²) in [4.78, 5) is 39.5. The fraction of sp³-hybridized carbons (Fsp3) is 0.0385. The summed E-state index contributed by atoms with van der Waals surface area (Å²) in [6, 6.07) is 23.0. The van der Waals surface area contributed by atoms with E-state index in [1.807, 2.05) is 24.3 Å². The summed E-state index contributed by atoms with van der Waals surface area (Å²) < 4.78 is 5.11. The van der Waals surface area contributed by atoms with Crippen molar-refractivity contribution in [3.05, 3.63) is 111 Å². The van der Waals surface area contributed by atoms with Crippen molar-refractivity contribution in [3.63, 3.8) is 0 Å². The molecule has 0 radical (unpaired) electrons. The molecule has 0 spiro atoms. The van der Waals surface area contributed by atoms with E-state index in [0.717, 1.165) is 21.9 Å². The van der Waals surface area contributed by atoms with Gasteiger partial charge < -0.3 is 10.1 Å². The molecule has 1 aliphatic rings. The van der Waals surface area contributed by atoms with Crippen molar-refractivity contribution in [1.29, 1.82) is 0 Å². The van der Waals surface area contributed by atoms with Gasteiger partial charge in [0, 0.05) is 27.6 Å². The van der Waals surface area contributed by atoms with Crippen molar-refractivity contribution in [2.75, 3.05) is 17.3 Å². The smallest absolute Gasteiger partial charge is 0.300 e. The van der Waals surface area contributed by atoms with Gasteiger partial charge in [0.25, 0.3) is 5.91 Å². The first-order valence-electron chi connectivity index (χ1n) is 11.0. The zero-order valence-electron chi connectivity index (χ0n) is 19.3. The fourth-order valence-corrected chi connectivity index (χ4v) is 5.08. The molecule has 0 aromatic heterocycles. The van der Waals surface area contributed by atoms with Gasteiger partial charge in [-0.3, -0.25) is 29.9 Å². The van der Waals surface area contributed by atoms with Crippen molar-refractivity contribution >= 4 is 51.8 Å². The van der Waals surface area contributed by atoms with Gasteiger partial charge in [0.05, 0.1) is 33.9 Å². The number of nitro groups is 2. The molecule has 10 nitrogen and oxygen atoms in total. The Kier molecular flexibility index (Phi) is 6.20. The van der Waals surface area contributed by atoms with Crippen LogP contribution in [0.1, 0.15) is 10.4 Å². The molecule has 4 aromatic carbocycles. The topological polar surface area (TPSA) is 128 Å². The average Bonchev–Trinajstić information content (AvgIpc) is 2.91. The number of hydrogen-bond donors (Lipinski definition) is 1. The lowest BCUT2D eigenvalue weighted by atomic mass is 10.1. The van der Waals surface area contributed by atoms with Gasteiger partial charge in [-0.15, -0.1) is 0 Å². The summed E-state index contributed by atoms with van der Waals surface area (Å²) in [5.41, 5.74) is -0.157. The Bertz CT molecular complexity index is 1480. The molecule has 0 atom stereocenters. The van der Waals surface area contributed by atoms with E-state index in [0.29, 0.717) is 22.8 Å². The fourth-order valence-electron chi connectivity index (χ4n) is 4.02. The number of rotatable bonds is 6. The number of hydrogen-bond acceptors (Lipinski definition) is 8. The van der Waals surface area contributed by atoms with Crippen LogP contribution in [0.15, 0.2) is 94.7 Å². The Labute approximate surface area is 214 Å². The molecule has 5 rings (SSSR count). The number of methoxy groups -OCH3 is 1. The van der Waals surface area contributed by atoms with Gasteiger partial charge >= 0.3 is 11.4 Å². The Balaban J connectivity index is 1.63. The van der Waals surface area contributed by atoms with Gasteiger partial charge in [0.1, 0.15) is 5.75 Å². The lowest BCUT2D eigenvalue weighted by Crippen LogP contribution is -2.28. The SMILES string of the molecule is COc1ccc(Nc2c([N+](=O)[O-])cc(C(=O)N3c4ccccc4Sc4ccccc43)cc2[N+](=O)[O-])cc1. The molecule has 0 fully saturated rings. The van der Waals surface area contributed by atoms with Crippen molar-refractivity contribution in [3.8, 4) is 5.75 Å². The lowest BCUT2D eigenvalue weighted by molar-refractivity contribution is -0.392. The zero-order valence-corrected chi connectivity index (χ0v) is 20.1. The molecule has 184 valence electrons. The van der Waals surface area contributed by atoms with E-state index in [2.05, 4.69) is 5.32 Å². The first-order valence-corrected chi connectivity index (χ1v) is 11.8. The second kappa shape index (κ2) is 9.63. The minimum Gasteiger partial charge on any atom is -0.497 e. The second-order valence-corrected chi connectivity index (χ2v) is 9.02. The van der Waals surface area contributed by atoms with Crippen LogP contribution in [0.2, 0.25) is 0 Å². The van der Waals surface area contributed by atoms with Crippen molar-refractivity contribution in [2.45, 2.75) is 9.79 Å². The molecule has 11 heteroatoms. The van der Waals surface area contributed by atoms with E-state index in [1.54, 1.807) is 48.5 Å². The molecule has 0 aliphatic carbocycles. The van der Waals surface area contributed by atoms with Crippen molar-refractivity contribution in [2.24, 2.45) is 0 Å². The molecule has 0 unspecified atom stereocenters. The van der Waals surface area contributed by atoms with Crippen LogP contribution in [0, 0.1) is 20.2 Å². The van der Waals surface area contributed by atoms with E-state index in [1.165, 1.54) is 23.8 Å². The number of para-hydroxylation sites is 2. The van der Waals surface area contributed by atoms with Crippen LogP contribution < -0.4 is 15.0 Å². The van der Waals surface area contributed by atoms with Crippen LogP contribution in [-0.4, -0.2) is 22.9 Å². The number of nitro benzene ring substituents is 2. The van der Waals surface area contributed by atoms with Gasteiger partial charge in [-0.1, -0.05) is 36.0 Å². The highest BCUT2D eigenvalue weighted by atomic mass is 32.2. The quantitative estimate of drug-likeness (QED) is 0.222. The van der Waals surface area contributed by atoms with Crippen LogP contribution in [0.5, 0.6) is 5.75 Å². The number of fused-ring (bicyclic) bond motifs is 2. The Morgan fingerprint density at radius 3 is 1.84 bits per heavy atom. The Morgan fingerprint density at radius 1 is 0.838 bits per heavy atom. The van der Waals surface area contributed by atoms with E-state index in [4.69, 9.17) is 4.74 Å². The van der Waals surface area contributed by atoms with Crippen molar-refractivity contribution in [1.82, 2.24) is 0 Å². The number of benzene rings is 4. The monoisotopic (exact) mass is 514 g/mol. The molecule has 0 saturated heterocycles. The van der Waals surface area contributed by atoms with Crippen LogP contribution in [0.25, 0.3) is 0 Å². The zero-order chi connectivity index (χ0) is 26.1. The minimum absolute atomic E-state index is 0.185. The second-order valence-electron chi connectivity index (χ2n) is 7.94. The third-order valence-corrected chi connectivity index (χ3v) is 6.86. The normalized spacial score (nSPS) is 11.8. The van der Waals surface area contributed by atoms with Gasteiger partial charge in [-0.2, -0.15) is 0 Å². The number of anilines is 4. The number of nitrogens with one attached hydrogen (secondary N) is 1. The van der Waals surface area contributed by atoms with Gasteiger partial charge in [0.15, 0.2) is 5.69 Å². The predicted molar refractivity (Wildman–Crippen MR) is 140 cm³/mol. The molecular weight excluding hydrogens is 496 g/mol. The van der Waals surface area contributed by atoms with E-state index in [9.17, 15) is 25.0 Å².